The van der Waals surface area contributed by atoms with Crippen LogP contribution in [0.15, 0.2) is 280 Å². The molecule has 3 aliphatic heterocycles. The second-order valence-electron chi connectivity index (χ2n) is 24.7. The number of aromatic nitrogens is 4. The molecule has 112 heavy (non-hydrogen) atoms. The van der Waals surface area contributed by atoms with Gasteiger partial charge in [0.2, 0.25) is 0 Å². The molecule has 2 atom stereocenters. The maximum absolute atomic E-state index is 13.5. The molecule has 0 radical (unpaired) electrons. The van der Waals surface area contributed by atoms with Crippen molar-refractivity contribution in [2.75, 3.05) is 71.0 Å². The lowest BCUT2D eigenvalue weighted by Gasteiger charge is -2.26. The topological polar surface area (TPSA) is 217 Å². The van der Waals surface area contributed by atoms with Crippen LogP contribution in [0.4, 0.5) is 11.4 Å². The van der Waals surface area contributed by atoms with Crippen molar-refractivity contribution in [2.24, 2.45) is 7.05 Å². The minimum Gasteiger partial charge on any atom is -0.415 e. The van der Waals surface area contributed by atoms with Gasteiger partial charge >= 0.3 is 7.60 Å². The standard InChI is InChI=1S/C20H20NO3P.C10H13N.C6H13N.2C6H11N.C6H8N.3C5H5N.C4H10O.4C4H8O.C2H4O.C2H6/c1-17(21-18-11-5-2-6-12-18)25(22,23-19-13-7-3-8-14-19)24-20-15-9-4-10-16-20;1-3-9(2)11-10-7-5-4-6-8-10;4*1-7-5-3-2-4-6-7;3*1-2-4-6-5-3-1;5*1-3-4(2)5;1-2-3;1-2/h2-17,21H,1H3;3-8,11H,1-2H3;2-6H2,1H3;2*2-3H,4-6H2,1H3;2-6H,1H3;3*1-5H;4-5H,3H2,1-2H3;4*3H2,1-2H3;2H,1H3;1-2H3/q;;;;;+1;;;;;;;;;;/b;9-3-;;;;;;;;;;;;;;. The van der Waals surface area contributed by atoms with Crippen LogP contribution in [0.1, 0.15) is 175 Å². The number of aldehydes is 1. The van der Waals surface area contributed by atoms with Gasteiger partial charge in [-0.15, -0.1) is 0 Å². The van der Waals surface area contributed by atoms with E-state index in [0.717, 1.165) is 37.2 Å². The Hall–Kier alpha value is -9.68. The summed E-state index contributed by atoms with van der Waals surface area (Å²) in [5, 5.41) is 14.8. The number of carbonyl (C=O) groups is 5. The van der Waals surface area contributed by atoms with E-state index in [-0.39, 0.29) is 29.2 Å². The van der Waals surface area contributed by atoms with Crippen LogP contribution in [-0.4, -0.2) is 136 Å². The van der Waals surface area contributed by atoms with Gasteiger partial charge in [0.25, 0.3) is 0 Å². The Morgan fingerprint density at radius 2 is 0.759 bits per heavy atom. The fraction of sp³-hybridized carbons (Fsp3) is 0.409. The molecule has 1 fully saturated rings. The van der Waals surface area contributed by atoms with Crippen LogP contribution >= 0.6 is 7.60 Å². The summed E-state index contributed by atoms with van der Waals surface area (Å²) in [6, 6.07) is 61.0. The number of benzene rings is 4. The number of aliphatic hydroxyl groups is 1. The molecule has 0 amide bonds. The summed E-state index contributed by atoms with van der Waals surface area (Å²) >= 11 is 0. The van der Waals surface area contributed by atoms with Gasteiger partial charge in [0, 0.05) is 118 Å². The zero-order valence-corrected chi connectivity index (χ0v) is 72.7. The number of aliphatic hydroxyl groups excluding tert-OH is 1. The van der Waals surface area contributed by atoms with E-state index in [4.69, 9.17) is 18.9 Å². The van der Waals surface area contributed by atoms with Crippen LogP contribution in [-0.2, 0) is 35.6 Å². The highest BCUT2D eigenvalue weighted by Crippen LogP contribution is 2.52. The lowest BCUT2D eigenvalue weighted by molar-refractivity contribution is -0.671. The van der Waals surface area contributed by atoms with Crippen LogP contribution in [0.25, 0.3) is 0 Å². The number of nitrogens with zero attached hydrogens (tertiary/aromatic N) is 7. The van der Waals surface area contributed by atoms with Gasteiger partial charge in [0.15, 0.2) is 12.4 Å². The molecule has 4 aromatic carbocycles. The number of allylic oxidation sites excluding steroid dienone is 2. The minimum absolute atomic E-state index is 0.116. The van der Waals surface area contributed by atoms with Gasteiger partial charge in [-0.25, -0.2) is 9.13 Å². The maximum Gasteiger partial charge on any atom is 0.452 e. The number of Topliss-reactive ketones (excluding diaryl/α,β-unsaturated/α-hetero) is 4. The summed E-state index contributed by atoms with van der Waals surface area (Å²) in [5.74, 6) is 1.48. The first-order valence-electron chi connectivity index (χ1n) is 39.0. The fourth-order valence-corrected chi connectivity index (χ4v) is 8.59. The highest BCUT2D eigenvalue weighted by Gasteiger charge is 2.36. The zero-order valence-electron chi connectivity index (χ0n) is 71.8. The lowest BCUT2D eigenvalue weighted by atomic mass is 10.1. The Bertz CT molecular complexity index is 3180. The van der Waals surface area contributed by atoms with Crippen molar-refractivity contribution in [2.45, 2.75) is 187 Å². The highest BCUT2D eigenvalue weighted by atomic mass is 31.2. The molecule has 3 aliphatic rings. The number of carbonyl (C=O) groups excluding carboxylic acids is 5. The van der Waals surface area contributed by atoms with E-state index < -0.39 is 13.4 Å². The SMILES string of the molecule is C/C=C(/C)Nc1ccccc1.CC.CC(Nc1ccccc1)P(=O)(Oc1ccccc1)Oc1ccccc1.CC=O.CCC(C)=O.CCC(C)=O.CCC(C)=O.CCC(C)=O.CCC(C)O.CN1CC=CCC1.CN1CC=CCC1.CN1CCCCC1.C[n+]1ccccc1.c1ccncc1.c1ccncc1.c1ccncc1. The van der Waals surface area contributed by atoms with Gasteiger partial charge in [-0.1, -0.05) is 182 Å². The number of likely N-dealkylation sites (N-methyl/N-ethyl adjacent to an activating group) is 2. The summed E-state index contributed by atoms with van der Waals surface area (Å²) in [5.41, 5.74) is 3.17. The second-order valence-corrected chi connectivity index (χ2v) is 27.0. The van der Waals surface area contributed by atoms with Crippen LogP contribution in [0.5, 0.6) is 11.5 Å². The first-order valence-corrected chi connectivity index (χ1v) is 40.7. The predicted molar refractivity (Wildman–Crippen MR) is 474 cm³/mol. The lowest BCUT2D eigenvalue weighted by Crippen LogP contribution is -2.25. The Kier molecular flexibility index (Phi) is 83.0. The number of hydrogen-bond donors (Lipinski definition) is 3. The smallest absolute Gasteiger partial charge is 0.415 e. The van der Waals surface area contributed by atoms with Crippen LogP contribution in [0.2, 0.25) is 0 Å². The third-order valence-electron chi connectivity index (χ3n) is 14.4. The molecule has 0 bridgehead atoms. The number of rotatable bonds is 14. The van der Waals surface area contributed by atoms with E-state index in [1.807, 2.05) is 262 Å². The Morgan fingerprint density at radius 1 is 0.473 bits per heavy atom. The molecule has 8 aromatic rings. The average Bonchev–Trinajstić information content (AvgIpc) is 0.818. The summed E-state index contributed by atoms with van der Waals surface area (Å²) in [7, 11) is 4.95. The van der Waals surface area contributed by atoms with E-state index in [0.29, 0.717) is 37.2 Å². The molecule has 1 saturated heterocycles. The van der Waals surface area contributed by atoms with Crippen molar-refractivity contribution in [1.82, 2.24) is 29.7 Å². The summed E-state index contributed by atoms with van der Waals surface area (Å²) in [6.45, 7) is 36.1. The molecule has 3 N–H and O–H groups in total. The molecule has 19 heteroatoms. The highest BCUT2D eigenvalue weighted by molar-refractivity contribution is 7.55. The van der Waals surface area contributed by atoms with Crippen LogP contribution < -0.4 is 24.2 Å². The second kappa shape index (κ2) is 83.8. The summed E-state index contributed by atoms with van der Waals surface area (Å²) < 4.78 is 27.2. The third-order valence-corrected chi connectivity index (χ3v) is 16.4. The largest absolute Gasteiger partial charge is 0.452 e. The number of anilines is 2. The van der Waals surface area contributed by atoms with Gasteiger partial charge in [0.05, 0.1) is 6.10 Å². The summed E-state index contributed by atoms with van der Waals surface area (Å²) in [4.78, 5) is 66.4. The molecule has 618 valence electrons. The van der Waals surface area contributed by atoms with E-state index >= 15 is 0 Å². The van der Waals surface area contributed by atoms with Gasteiger partial charge in [-0.2, -0.15) is 0 Å². The Morgan fingerprint density at radius 3 is 0.955 bits per heavy atom. The Balaban J connectivity index is -0.000000382. The van der Waals surface area contributed by atoms with Gasteiger partial charge < -0.3 is 63.5 Å². The molecule has 0 spiro atoms. The van der Waals surface area contributed by atoms with Crippen molar-refractivity contribution < 1.29 is 47.3 Å². The van der Waals surface area contributed by atoms with Crippen molar-refractivity contribution >= 4 is 48.4 Å². The normalized spacial score (nSPS) is 12.3. The molecule has 18 nitrogen and oxygen atoms in total. The first-order chi connectivity index (χ1) is 53.8. The van der Waals surface area contributed by atoms with Crippen molar-refractivity contribution in [3.63, 3.8) is 0 Å². The maximum atomic E-state index is 13.5. The monoisotopic (exact) mass is 1560 g/mol. The van der Waals surface area contributed by atoms with Crippen molar-refractivity contribution in [3.8, 4) is 11.5 Å². The van der Waals surface area contributed by atoms with Crippen LogP contribution in [0, 0.1) is 0 Å². The number of likely N-dealkylation sites (tertiary alicyclic amines) is 1. The number of ketones is 4. The molecular formula is C93H143N9O9P+. The number of piperidine rings is 1. The number of nitrogens with one attached hydrogen (secondary N) is 2. The molecule has 4 aromatic heterocycles. The number of para-hydroxylation sites is 4. The molecular weight excluding hydrogens is 1420 g/mol. The van der Waals surface area contributed by atoms with E-state index in [1.165, 1.54) is 70.9 Å². The first kappa shape index (κ1) is 111. The van der Waals surface area contributed by atoms with Crippen molar-refractivity contribution in [1.29, 1.82) is 0 Å². The molecule has 0 aliphatic carbocycles. The van der Waals surface area contributed by atoms with E-state index in [2.05, 4.69) is 85.7 Å². The zero-order chi connectivity index (χ0) is 85.0. The molecule has 2 unspecified atom stereocenters. The summed E-state index contributed by atoms with van der Waals surface area (Å²) in [6.07, 6.45) is 36.3. The molecule has 7 heterocycles. The predicted octanol–water partition coefficient (Wildman–Crippen LogP) is 21.4. The number of hydrogen-bond acceptors (Lipinski definition) is 17. The molecule has 0 saturated carbocycles. The quantitative estimate of drug-likeness (QED) is 0.0399. The average molecular weight is 1560 g/mol. The van der Waals surface area contributed by atoms with Crippen LogP contribution in [0.3, 0.4) is 0 Å². The van der Waals surface area contributed by atoms with Crippen molar-refractivity contribution in [3.05, 3.63) is 280 Å². The molecule has 11 rings (SSSR count). The van der Waals surface area contributed by atoms with E-state index in [1.54, 1.807) is 103 Å². The fourth-order valence-electron chi connectivity index (χ4n) is 7.10. The van der Waals surface area contributed by atoms with Gasteiger partial charge in [-0.3, -0.25) is 15.0 Å². The van der Waals surface area contributed by atoms with Gasteiger partial charge in [0.1, 0.15) is 53.7 Å². The van der Waals surface area contributed by atoms with E-state index in [9.17, 15) is 23.7 Å². The number of pyridine rings is 4. The number of aryl methyl sites for hydroxylation is 1. The minimum atomic E-state index is -3.53. The Labute approximate surface area is 677 Å². The third kappa shape index (κ3) is 84.3. The van der Waals surface area contributed by atoms with Gasteiger partial charge in [-0.05, 0) is 214 Å².